The molecule has 0 spiro atoms. The summed E-state index contributed by atoms with van der Waals surface area (Å²) in [5, 5.41) is 8.23. The molecule has 2 aromatic carbocycles. The number of nitrogens with one attached hydrogen (secondary N) is 3. The number of benzene rings is 2. The number of amides is 3. The van der Waals surface area contributed by atoms with Gasteiger partial charge in [0, 0.05) is 19.5 Å². The lowest BCUT2D eigenvalue weighted by molar-refractivity contribution is -0.133. The van der Waals surface area contributed by atoms with E-state index in [-0.39, 0.29) is 37.6 Å². The van der Waals surface area contributed by atoms with Crippen LogP contribution in [0, 0.1) is 0 Å². The van der Waals surface area contributed by atoms with Gasteiger partial charge in [-0.2, -0.15) is 0 Å². The summed E-state index contributed by atoms with van der Waals surface area (Å²) in [5.74, 6) is -0.873. The molecule has 4 rings (SSSR count). The molecule has 3 N–H and O–H groups in total. The van der Waals surface area contributed by atoms with Crippen molar-refractivity contribution in [2.24, 2.45) is 0 Å². The number of hydrogen-bond donors (Lipinski definition) is 3. The normalized spacial score (nSPS) is 19.9. The maximum Gasteiger partial charge on any atom is 0.243 e. The van der Waals surface area contributed by atoms with Crippen molar-refractivity contribution in [3.05, 3.63) is 65.7 Å². The molecule has 2 aliphatic heterocycles. The van der Waals surface area contributed by atoms with Gasteiger partial charge in [0.05, 0.1) is 46.1 Å². The lowest BCUT2D eigenvalue weighted by Crippen LogP contribution is -2.56. The van der Waals surface area contributed by atoms with Crippen LogP contribution >= 0.6 is 0 Å². The van der Waals surface area contributed by atoms with Crippen molar-refractivity contribution in [3.8, 4) is 5.75 Å². The minimum atomic E-state index is -0.994. The van der Waals surface area contributed by atoms with Crippen molar-refractivity contribution in [1.82, 2.24) is 20.9 Å². The number of methoxy groups -OCH3 is 1. The highest BCUT2D eigenvalue weighted by atomic mass is 16.6. The minimum Gasteiger partial charge on any atom is -0.497 e. The fraction of sp³-hybridized carbons (Fsp3) is 0.467. The first-order valence-electron chi connectivity index (χ1n) is 13.8. The summed E-state index contributed by atoms with van der Waals surface area (Å²) in [5.41, 5.74) is 0.729. The van der Waals surface area contributed by atoms with Crippen molar-refractivity contribution in [2.75, 3.05) is 53.1 Å². The van der Waals surface area contributed by atoms with Crippen LogP contribution in [0.25, 0.3) is 0 Å². The van der Waals surface area contributed by atoms with E-state index < -0.39 is 29.5 Å². The summed E-state index contributed by atoms with van der Waals surface area (Å²) < 4.78 is 15.9. The molecule has 220 valence electrons. The number of rotatable bonds is 14. The van der Waals surface area contributed by atoms with E-state index in [1.165, 1.54) is 0 Å². The molecule has 11 nitrogen and oxygen atoms in total. The van der Waals surface area contributed by atoms with Gasteiger partial charge in [0.1, 0.15) is 17.4 Å². The van der Waals surface area contributed by atoms with E-state index in [1.807, 2.05) is 35.2 Å². The van der Waals surface area contributed by atoms with Gasteiger partial charge in [-0.15, -0.1) is 0 Å². The molecule has 0 bridgehead atoms. The standard InChI is InChI=1S/C30H38N4O7/c1-30(20-41-30)28(37)24(16-21-6-4-3-5-7-21)33-29(38)25(17-22-8-10-23(39-2)11-9-22)32-26(35)18-31-27(36)19-34-12-14-40-15-13-34/h3-11,24-25H,12-20H2,1-2H3,(H,31,36)(H,32,35)(H,33,38). The number of carbonyl (C=O) groups is 4. The zero-order valence-corrected chi connectivity index (χ0v) is 23.5. The van der Waals surface area contributed by atoms with Gasteiger partial charge < -0.3 is 30.2 Å². The molecule has 3 atom stereocenters. The second-order valence-electron chi connectivity index (χ2n) is 10.5. The molecule has 2 fully saturated rings. The molecular weight excluding hydrogens is 528 g/mol. The highest BCUT2D eigenvalue weighted by molar-refractivity contribution is 5.98. The van der Waals surface area contributed by atoms with Crippen LogP contribution < -0.4 is 20.7 Å². The van der Waals surface area contributed by atoms with Crippen molar-refractivity contribution < 1.29 is 33.4 Å². The third-order valence-corrected chi connectivity index (χ3v) is 7.18. The smallest absolute Gasteiger partial charge is 0.243 e. The first-order chi connectivity index (χ1) is 19.8. The predicted molar refractivity (Wildman–Crippen MR) is 150 cm³/mol. The second-order valence-corrected chi connectivity index (χ2v) is 10.5. The maximum absolute atomic E-state index is 13.6. The fourth-order valence-electron chi connectivity index (χ4n) is 4.60. The molecule has 0 aromatic heterocycles. The fourth-order valence-corrected chi connectivity index (χ4v) is 4.60. The number of carbonyl (C=O) groups excluding carboxylic acids is 4. The summed E-state index contributed by atoms with van der Waals surface area (Å²) in [7, 11) is 1.56. The van der Waals surface area contributed by atoms with E-state index >= 15 is 0 Å². The number of Topliss-reactive ketones (excluding diaryl/α,β-unsaturated/α-hetero) is 1. The van der Waals surface area contributed by atoms with Crippen molar-refractivity contribution >= 4 is 23.5 Å². The van der Waals surface area contributed by atoms with Crippen LogP contribution in [0.5, 0.6) is 5.75 Å². The average molecular weight is 567 g/mol. The highest BCUT2D eigenvalue weighted by Crippen LogP contribution is 2.29. The molecular formula is C30H38N4O7. The van der Waals surface area contributed by atoms with Crippen LogP contribution in [0.2, 0.25) is 0 Å². The molecule has 2 saturated heterocycles. The van der Waals surface area contributed by atoms with Crippen LogP contribution in [-0.2, 0) is 41.5 Å². The average Bonchev–Trinajstić information content (AvgIpc) is 3.74. The first kappa shape index (κ1) is 30.2. The Kier molecular flexibility index (Phi) is 10.4. The molecule has 2 aliphatic rings. The third kappa shape index (κ3) is 9.10. The molecule has 41 heavy (non-hydrogen) atoms. The Balaban J connectivity index is 1.43. The monoisotopic (exact) mass is 566 g/mol. The number of ketones is 1. The van der Waals surface area contributed by atoms with Gasteiger partial charge in [-0.3, -0.25) is 24.1 Å². The minimum absolute atomic E-state index is 0.163. The summed E-state index contributed by atoms with van der Waals surface area (Å²) in [4.78, 5) is 54.1. The van der Waals surface area contributed by atoms with E-state index in [0.29, 0.717) is 38.7 Å². The SMILES string of the molecule is COc1ccc(CC(NC(=O)CNC(=O)CN2CCOCC2)C(=O)NC(Cc2ccccc2)C(=O)C2(C)CO2)cc1. The molecule has 2 heterocycles. The second kappa shape index (κ2) is 14.2. The number of nitrogens with zero attached hydrogens (tertiary/aromatic N) is 1. The van der Waals surface area contributed by atoms with Crippen LogP contribution in [0.4, 0.5) is 0 Å². The quantitative estimate of drug-likeness (QED) is 0.277. The van der Waals surface area contributed by atoms with Crippen molar-refractivity contribution in [2.45, 2.75) is 37.5 Å². The van der Waals surface area contributed by atoms with Gasteiger partial charge in [-0.05, 0) is 36.6 Å². The molecule has 0 radical (unpaired) electrons. The van der Waals surface area contributed by atoms with Gasteiger partial charge in [0.15, 0.2) is 5.78 Å². The van der Waals surface area contributed by atoms with Crippen molar-refractivity contribution in [1.29, 1.82) is 0 Å². The van der Waals surface area contributed by atoms with Gasteiger partial charge in [0.25, 0.3) is 0 Å². The van der Waals surface area contributed by atoms with Crippen LogP contribution in [0.15, 0.2) is 54.6 Å². The number of ether oxygens (including phenoxy) is 3. The summed E-state index contributed by atoms with van der Waals surface area (Å²) in [6.45, 7) is 4.31. The Hall–Kier alpha value is -3.80. The van der Waals surface area contributed by atoms with Gasteiger partial charge in [0.2, 0.25) is 17.7 Å². The van der Waals surface area contributed by atoms with Crippen LogP contribution in [0.1, 0.15) is 18.1 Å². The van der Waals surface area contributed by atoms with E-state index in [4.69, 9.17) is 14.2 Å². The Morgan fingerprint density at radius 1 is 0.902 bits per heavy atom. The molecule has 3 unspecified atom stereocenters. The molecule has 11 heteroatoms. The topological polar surface area (TPSA) is 139 Å². The maximum atomic E-state index is 13.6. The van der Waals surface area contributed by atoms with Gasteiger partial charge >= 0.3 is 0 Å². The van der Waals surface area contributed by atoms with Gasteiger partial charge in [-0.25, -0.2) is 0 Å². The largest absolute Gasteiger partial charge is 0.497 e. The molecule has 0 aliphatic carbocycles. The van der Waals surface area contributed by atoms with E-state index in [1.54, 1.807) is 38.3 Å². The summed E-state index contributed by atoms with van der Waals surface area (Å²) >= 11 is 0. The third-order valence-electron chi connectivity index (χ3n) is 7.18. The molecule has 0 saturated carbocycles. The lowest BCUT2D eigenvalue weighted by Gasteiger charge is -2.26. The van der Waals surface area contributed by atoms with Crippen LogP contribution in [-0.4, -0.2) is 99.2 Å². The Morgan fingerprint density at radius 3 is 2.17 bits per heavy atom. The van der Waals surface area contributed by atoms with Gasteiger partial charge in [-0.1, -0.05) is 42.5 Å². The zero-order valence-electron chi connectivity index (χ0n) is 23.5. The molecule has 3 amide bonds. The number of hydrogen-bond acceptors (Lipinski definition) is 8. The first-order valence-corrected chi connectivity index (χ1v) is 13.8. The lowest BCUT2D eigenvalue weighted by atomic mass is 9.94. The number of epoxide rings is 1. The number of morpholine rings is 1. The highest BCUT2D eigenvalue weighted by Gasteiger charge is 2.50. The summed E-state index contributed by atoms with van der Waals surface area (Å²) in [6, 6.07) is 14.7. The van der Waals surface area contributed by atoms with Crippen LogP contribution in [0.3, 0.4) is 0 Å². The predicted octanol–water partition coefficient (Wildman–Crippen LogP) is 0.256. The Morgan fingerprint density at radius 2 is 1.54 bits per heavy atom. The summed E-state index contributed by atoms with van der Waals surface area (Å²) in [6.07, 6.45) is 0.453. The Bertz CT molecular complexity index is 1200. The zero-order chi connectivity index (χ0) is 29.2. The van der Waals surface area contributed by atoms with E-state index in [9.17, 15) is 19.2 Å². The van der Waals surface area contributed by atoms with E-state index in [2.05, 4.69) is 16.0 Å². The molecule has 2 aromatic rings. The van der Waals surface area contributed by atoms with Crippen molar-refractivity contribution in [3.63, 3.8) is 0 Å². The Labute approximate surface area is 239 Å². The van der Waals surface area contributed by atoms with E-state index in [0.717, 1.165) is 11.1 Å².